The Labute approximate surface area is 51.5 Å². The first-order valence-corrected chi connectivity index (χ1v) is 3.79. The minimum atomic E-state index is -0.170. The Balaban J connectivity index is 2.82. The average molecular weight is 134 g/mol. The van der Waals surface area contributed by atoms with Crippen LogP contribution in [0.4, 0.5) is 0 Å². The summed E-state index contributed by atoms with van der Waals surface area (Å²) in [6.45, 7) is 3.50. The summed E-state index contributed by atoms with van der Waals surface area (Å²) < 4.78 is 4.67. The van der Waals surface area contributed by atoms with Gasteiger partial charge in [0.1, 0.15) is 0 Å². The maximum atomic E-state index is 10.1. The van der Waals surface area contributed by atoms with Crippen LogP contribution in [0.5, 0.6) is 0 Å². The first kappa shape index (κ1) is 7.90. The van der Waals surface area contributed by atoms with Gasteiger partial charge in [-0.25, -0.2) is 0 Å². The van der Waals surface area contributed by atoms with Crippen molar-refractivity contribution in [3.05, 3.63) is 0 Å². The molecule has 0 N–H and O–H groups in total. The molecule has 0 aromatic rings. The van der Waals surface area contributed by atoms with Gasteiger partial charge in [-0.05, 0) is 6.42 Å². The molecule has 3 heteroatoms. The van der Waals surface area contributed by atoms with Gasteiger partial charge in [-0.2, -0.15) is 0 Å². The second-order valence-electron chi connectivity index (χ2n) is 1.49. The molecule has 0 spiro atoms. The number of carbonyl (C=O) groups is 1. The predicted molar refractivity (Wildman–Crippen MR) is 35.2 cm³/mol. The van der Waals surface area contributed by atoms with Crippen LogP contribution in [-0.2, 0) is 9.32 Å². The highest BCUT2D eigenvalue weighted by atomic mass is 31.1. The van der Waals surface area contributed by atoms with Gasteiger partial charge in [0.05, 0.1) is 8.81 Å². The molecule has 48 valence electrons. The zero-order chi connectivity index (χ0) is 6.41. The maximum Gasteiger partial charge on any atom is 0.305 e. The van der Waals surface area contributed by atoms with E-state index in [9.17, 15) is 4.79 Å². The predicted octanol–water partition coefficient (Wildman–Crippen LogP) is 1.55. The van der Waals surface area contributed by atoms with Crippen LogP contribution in [0.25, 0.3) is 0 Å². The minimum absolute atomic E-state index is 0.170. The first-order chi connectivity index (χ1) is 3.77. The second-order valence-corrected chi connectivity index (χ2v) is 2.48. The van der Waals surface area contributed by atoms with E-state index < -0.39 is 0 Å². The Hall–Kier alpha value is -0.100. The SMILES string of the molecule is CCCPOC(C)=O. The Bertz CT molecular complexity index is 72.8. The Morgan fingerprint density at radius 1 is 1.75 bits per heavy atom. The molecule has 0 aliphatic heterocycles. The maximum absolute atomic E-state index is 10.1. The molecule has 0 aromatic heterocycles. The lowest BCUT2D eigenvalue weighted by Gasteiger charge is -1.95. The average Bonchev–Trinajstić information content (AvgIpc) is 1.66. The topological polar surface area (TPSA) is 26.3 Å². The van der Waals surface area contributed by atoms with E-state index in [1.807, 2.05) is 0 Å². The van der Waals surface area contributed by atoms with Crippen LogP contribution in [0.15, 0.2) is 0 Å². The van der Waals surface area contributed by atoms with Crippen LogP contribution in [0.1, 0.15) is 20.3 Å². The van der Waals surface area contributed by atoms with Gasteiger partial charge in [0, 0.05) is 13.1 Å². The van der Waals surface area contributed by atoms with Gasteiger partial charge < -0.3 is 4.52 Å². The van der Waals surface area contributed by atoms with Gasteiger partial charge in [-0.3, -0.25) is 4.79 Å². The second kappa shape index (κ2) is 5.04. The van der Waals surface area contributed by atoms with Crippen molar-refractivity contribution < 1.29 is 9.32 Å². The summed E-state index contributed by atoms with van der Waals surface area (Å²) in [6.07, 6.45) is 2.09. The summed E-state index contributed by atoms with van der Waals surface area (Å²) in [5.41, 5.74) is 0. The number of rotatable bonds is 3. The molecule has 0 heterocycles. The van der Waals surface area contributed by atoms with E-state index in [1.54, 1.807) is 0 Å². The molecule has 0 rings (SSSR count). The monoisotopic (exact) mass is 134 g/mol. The van der Waals surface area contributed by atoms with Crippen molar-refractivity contribution in [1.29, 1.82) is 0 Å². The summed E-state index contributed by atoms with van der Waals surface area (Å²) in [5, 5.41) is 0. The van der Waals surface area contributed by atoms with Crippen molar-refractivity contribution >= 4 is 14.8 Å². The molecule has 8 heavy (non-hydrogen) atoms. The molecule has 2 nitrogen and oxygen atoms in total. The number of hydrogen-bond donors (Lipinski definition) is 0. The lowest BCUT2D eigenvalue weighted by molar-refractivity contribution is -0.130. The molecule has 0 fully saturated rings. The summed E-state index contributed by atoms with van der Waals surface area (Å²) >= 11 is 0. The third-order valence-corrected chi connectivity index (χ3v) is 1.70. The van der Waals surface area contributed by atoms with Gasteiger partial charge in [-0.1, -0.05) is 6.92 Å². The van der Waals surface area contributed by atoms with Crippen LogP contribution in [0.3, 0.4) is 0 Å². The Kier molecular flexibility index (Phi) is 4.98. The lowest BCUT2D eigenvalue weighted by Crippen LogP contribution is -1.87. The third-order valence-electron chi connectivity index (χ3n) is 0.568. The van der Waals surface area contributed by atoms with E-state index >= 15 is 0 Å². The van der Waals surface area contributed by atoms with Crippen LogP contribution >= 0.6 is 8.81 Å². The van der Waals surface area contributed by atoms with E-state index in [1.165, 1.54) is 6.92 Å². The first-order valence-electron chi connectivity index (χ1n) is 2.67. The van der Waals surface area contributed by atoms with Gasteiger partial charge >= 0.3 is 5.97 Å². The zero-order valence-corrected chi connectivity index (χ0v) is 6.23. The molecule has 0 aromatic carbocycles. The highest BCUT2D eigenvalue weighted by Gasteiger charge is 1.88. The molecule has 0 aliphatic rings. The van der Waals surface area contributed by atoms with E-state index in [2.05, 4.69) is 11.4 Å². The zero-order valence-electron chi connectivity index (χ0n) is 5.23. The van der Waals surface area contributed by atoms with Crippen molar-refractivity contribution in [2.45, 2.75) is 20.3 Å². The number of carbonyl (C=O) groups excluding carboxylic acids is 1. The largest absolute Gasteiger partial charge is 0.448 e. The fraction of sp³-hybridized carbons (Fsp3) is 0.800. The number of hydrogen-bond acceptors (Lipinski definition) is 2. The standard InChI is InChI=1S/C5H11O2P/c1-3-4-8-7-5(2)6/h8H,3-4H2,1-2H3. The molecule has 1 unspecified atom stereocenters. The van der Waals surface area contributed by atoms with Crippen LogP contribution in [0.2, 0.25) is 0 Å². The van der Waals surface area contributed by atoms with Crippen molar-refractivity contribution in [2.75, 3.05) is 6.16 Å². The fourth-order valence-corrected chi connectivity index (χ4v) is 0.764. The fourth-order valence-electron chi connectivity index (χ4n) is 0.255. The van der Waals surface area contributed by atoms with Crippen molar-refractivity contribution in [1.82, 2.24) is 0 Å². The summed E-state index contributed by atoms with van der Waals surface area (Å²) in [4.78, 5) is 10.1. The highest BCUT2D eigenvalue weighted by molar-refractivity contribution is 7.32. The van der Waals surface area contributed by atoms with Crippen molar-refractivity contribution in [3.8, 4) is 0 Å². The van der Waals surface area contributed by atoms with E-state index in [-0.39, 0.29) is 5.97 Å². The molecule has 0 saturated heterocycles. The van der Waals surface area contributed by atoms with Gasteiger partial charge in [0.15, 0.2) is 0 Å². The van der Waals surface area contributed by atoms with Crippen molar-refractivity contribution in [2.24, 2.45) is 0 Å². The smallest absolute Gasteiger partial charge is 0.305 e. The normalized spacial score (nSPS) is 10.2. The highest BCUT2D eigenvalue weighted by Crippen LogP contribution is 2.11. The van der Waals surface area contributed by atoms with E-state index in [4.69, 9.17) is 0 Å². The van der Waals surface area contributed by atoms with Crippen LogP contribution < -0.4 is 0 Å². The summed E-state index contributed by atoms with van der Waals surface area (Å²) in [5.74, 6) is -0.170. The van der Waals surface area contributed by atoms with E-state index in [0.717, 1.165) is 12.6 Å². The summed E-state index contributed by atoms with van der Waals surface area (Å²) in [6, 6.07) is 0. The molecule has 0 amide bonds. The lowest BCUT2D eigenvalue weighted by atomic mass is 10.6. The minimum Gasteiger partial charge on any atom is -0.448 e. The van der Waals surface area contributed by atoms with Crippen molar-refractivity contribution in [3.63, 3.8) is 0 Å². The molecular weight excluding hydrogens is 123 g/mol. The van der Waals surface area contributed by atoms with Gasteiger partial charge in [-0.15, -0.1) is 0 Å². The van der Waals surface area contributed by atoms with Gasteiger partial charge in [0.2, 0.25) is 0 Å². The molecule has 0 bridgehead atoms. The van der Waals surface area contributed by atoms with Gasteiger partial charge in [0.25, 0.3) is 0 Å². The Morgan fingerprint density at radius 2 is 2.38 bits per heavy atom. The Morgan fingerprint density at radius 3 is 2.75 bits per heavy atom. The quantitative estimate of drug-likeness (QED) is 0.432. The van der Waals surface area contributed by atoms with Crippen LogP contribution in [-0.4, -0.2) is 12.1 Å². The summed E-state index contributed by atoms with van der Waals surface area (Å²) in [7, 11) is 0.363. The molecule has 1 atom stereocenters. The molecular formula is C5H11O2P. The molecule has 0 radical (unpaired) electrons. The molecule has 0 aliphatic carbocycles. The third kappa shape index (κ3) is 5.90. The van der Waals surface area contributed by atoms with Crippen LogP contribution in [0, 0.1) is 0 Å². The van der Waals surface area contributed by atoms with E-state index in [0.29, 0.717) is 8.81 Å². The molecule has 0 saturated carbocycles.